The van der Waals surface area contributed by atoms with Crippen molar-refractivity contribution in [2.45, 2.75) is 46.6 Å². The number of esters is 1. The lowest BCUT2D eigenvalue weighted by atomic mass is 9.52. The summed E-state index contributed by atoms with van der Waals surface area (Å²) in [5, 5.41) is 0. The number of hydrogen-bond donors (Lipinski definition) is 0. The van der Waals surface area contributed by atoms with Gasteiger partial charge in [-0.15, -0.1) is 0 Å². The number of hydrogen-bond acceptors (Lipinski definition) is 4. The van der Waals surface area contributed by atoms with E-state index in [1.807, 2.05) is 0 Å². The number of ketones is 1. The van der Waals surface area contributed by atoms with E-state index in [1.165, 1.54) is 0 Å². The van der Waals surface area contributed by atoms with Gasteiger partial charge in [0, 0.05) is 17.9 Å². The predicted octanol–water partition coefficient (Wildman–Crippen LogP) is 2.37. The van der Waals surface area contributed by atoms with Gasteiger partial charge in [-0.1, -0.05) is 27.7 Å². The lowest BCUT2D eigenvalue weighted by Crippen LogP contribution is -2.58. The molecular weight excluding hydrogens is 278 g/mol. The zero-order valence-corrected chi connectivity index (χ0v) is 14.7. The third-order valence-electron chi connectivity index (χ3n) is 6.92. The summed E-state index contributed by atoms with van der Waals surface area (Å²) in [6.07, 6.45) is 1.46. The molecule has 3 aliphatic rings. The van der Waals surface area contributed by atoms with Gasteiger partial charge in [0.15, 0.2) is 11.9 Å². The van der Waals surface area contributed by atoms with E-state index in [2.05, 4.69) is 46.7 Å². The highest BCUT2D eigenvalue weighted by molar-refractivity contribution is 5.97. The average molecular weight is 307 g/mol. The van der Waals surface area contributed by atoms with Crippen LogP contribution in [0.4, 0.5) is 0 Å². The Morgan fingerprint density at radius 3 is 2.45 bits per heavy atom. The Bertz CT molecular complexity index is 514. The molecule has 1 saturated heterocycles. The van der Waals surface area contributed by atoms with Crippen LogP contribution in [0, 0.1) is 34.5 Å². The van der Waals surface area contributed by atoms with E-state index in [0.29, 0.717) is 5.92 Å². The Kier molecular flexibility index (Phi) is 3.48. The van der Waals surface area contributed by atoms with Crippen molar-refractivity contribution >= 4 is 11.8 Å². The van der Waals surface area contributed by atoms with Crippen molar-refractivity contribution in [3.63, 3.8) is 0 Å². The summed E-state index contributed by atoms with van der Waals surface area (Å²) in [7, 11) is 4.12. The fraction of sp³-hybridized carbons (Fsp3) is 0.889. The van der Waals surface area contributed by atoms with Crippen LogP contribution in [0.15, 0.2) is 0 Å². The van der Waals surface area contributed by atoms with E-state index in [-0.39, 0.29) is 34.9 Å². The Hall–Kier alpha value is -0.900. The zero-order valence-electron chi connectivity index (χ0n) is 14.7. The summed E-state index contributed by atoms with van der Waals surface area (Å²) in [6, 6.07) is 0. The molecule has 2 bridgehead atoms. The first-order chi connectivity index (χ1) is 10.1. The third kappa shape index (κ3) is 1.79. The maximum absolute atomic E-state index is 13.3. The van der Waals surface area contributed by atoms with Gasteiger partial charge in [-0.25, -0.2) is 0 Å². The van der Waals surface area contributed by atoms with Crippen molar-refractivity contribution < 1.29 is 14.3 Å². The molecule has 22 heavy (non-hydrogen) atoms. The van der Waals surface area contributed by atoms with E-state index >= 15 is 0 Å². The molecule has 3 rings (SSSR count). The van der Waals surface area contributed by atoms with Gasteiger partial charge in [-0.05, 0) is 44.2 Å². The average Bonchev–Trinajstić information content (AvgIpc) is 2.83. The first-order valence-electron chi connectivity index (χ1n) is 8.53. The van der Waals surface area contributed by atoms with E-state index in [0.717, 1.165) is 19.4 Å². The number of rotatable bonds is 3. The van der Waals surface area contributed by atoms with Gasteiger partial charge in [0.2, 0.25) is 0 Å². The quantitative estimate of drug-likeness (QED) is 0.751. The fourth-order valence-corrected chi connectivity index (χ4v) is 5.78. The number of fused-ring (bicyclic) bond motifs is 4. The molecule has 1 aliphatic heterocycles. The minimum Gasteiger partial charge on any atom is -0.454 e. The van der Waals surface area contributed by atoms with Gasteiger partial charge in [0.1, 0.15) is 0 Å². The largest absolute Gasteiger partial charge is 0.454 e. The summed E-state index contributed by atoms with van der Waals surface area (Å²) < 4.78 is 5.57. The van der Waals surface area contributed by atoms with E-state index < -0.39 is 11.5 Å². The van der Waals surface area contributed by atoms with Crippen LogP contribution in [0.1, 0.15) is 40.5 Å². The lowest BCUT2D eigenvalue weighted by Gasteiger charge is -2.50. The second-order valence-electron chi connectivity index (χ2n) is 8.71. The second kappa shape index (κ2) is 4.80. The number of ether oxygens (including phenoxy) is 1. The summed E-state index contributed by atoms with van der Waals surface area (Å²) in [6.45, 7) is 9.43. The molecular formula is C18H29NO3. The van der Waals surface area contributed by atoms with Crippen molar-refractivity contribution in [2.75, 3.05) is 20.6 Å². The molecule has 2 aliphatic carbocycles. The molecule has 6 atom stereocenters. The van der Waals surface area contributed by atoms with Gasteiger partial charge >= 0.3 is 5.97 Å². The molecule has 2 saturated carbocycles. The maximum atomic E-state index is 13.3. The Morgan fingerprint density at radius 1 is 1.27 bits per heavy atom. The van der Waals surface area contributed by atoms with E-state index in [4.69, 9.17) is 4.74 Å². The second-order valence-corrected chi connectivity index (χ2v) is 8.71. The molecule has 0 aromatic heterocycles. The van der Waals surface area contributed by atoms with Crippen molar-refractivity contribution in [3.8, 4) is 0 Å². The van der Waals surface area contributed by atoms with Crippen LogP contribution in [0.25, 0.3) is 0 Å². The Balaban J connectivity index is 2.06. The van der Waals surface area contributed by atoms with Crippen LogP contribution in [0.3, 0.4) is 0 Å². The van der Waals surface area contributed by atoms with Gasteiger partial charge in [-0.2, -0.15) is 0 Å². The first-order valence-corrected chi connectivity index (χ1v) is 8.53. The minimum atomic E-state index is -0.515. The Labute approximate surface area is 133 Å². The van der Waals surface area contributed by atoms with Crippen molar-refractivity contribution in [1.82, 2.24) is 4.90 Å². The molecule has 4 heteroatoms. The molecule has 0 spiro atoms. The fourth-order valence-electron chi connectivity index (χ4n) is 5.78. The van der Waals surface area contributed by atoms with E-state index in [9.17, 15) is 9.59 Å². The number of carbonyl (C=O) groups excluding carboxylic acids is 2. The van der Waals surface area contributed by atoms with Gasteiger partial charge in [-0.3, -0.25) is 9.59 Å². The first kappa shape index (κ1) is 16.0. The highest BCUT2D eigenvalue weighted by Gasteiger charge is 2.71. The molecule has 1 heterocycles. The Morgan fingerprint density at radius 2 is 1.91 bits per heavy atom. The van der Waals surface area contributed by atoms with Crippen LogP contribution in [0.5, 0.6) is 0 Å². The van der Waals surface area contributed by atoms with E-state index in [1.54, 1.807) is 0 Å². The monoisotopic (exact) mass is 307 g/mol. The third-order valence-corrected chi connectivity index (χ3v) is 6.92. The van der Waals surface area contributed by atoms with Crippen molar-refractivity contribution in [3.05, 3.63) is 0 Å². The van der Waals surface area contributed by atoms with Crippen molar-refractivity contribution in [1.29, 1.82) is 0 Å². The number of Topliss-reactive ketones (excluding diaryl/α,β-unsaturated/α-hetero) is 1. The summed E-state index contributed by atoms with van der Waals surface area (Å²) >= 11 is 0. The molecule has 3 fully saturated rings. The minimum absolute atomic E-state index is 0.0692. The molecule has 0 amide bonds. The van der Waals surface area contributed by atoms with Gasteiger partial charge in [0.25, 0.3) is 0 Å². The highest BCUT2D eigenvalue weighted by Crippen LogP contribution is 2.66. The molecule has 0 radical (unpaired) electrons. The topological polar surface area (TPSA) is 46.6 Å². The molecule has 0 aromatic rings. The van der Waals surface area contributed by atoms with Crippen LogP contribution < -0.4 is 0 Å². The highest BCUT2D eigenvalue weighted by atomic mass is 16.6. The van der Waals surface area contributed by atoms with Crippen LogP contribution in [-0.2, 0) is 14.3 Å². The standard InChI is InChI=1S/C18H29NO3/c1-10(2)12-13-11-7-8-17(3,9-19(5)6)18(11,4)15(20)14(12)22-16(13)21/h10-14H,7-9H2,1-6H3/t11-,12-,13+,14+,17+,18-/m0/s1. The maximum Gasteiger partial charge on any atom is 0.310 e. The molecule has 4 nitrogen and oxygen atoms in total. The molecule has 0 aromatic carbocycles. The van der Waals surface area contributed by atoms with Gasteiger partial charge < -0.3 is 9.64 Å². The summed E-state index contributed by atoms with van der Waals surface area (Å²) in [5.41, 5.74) is -0.519. The smallest absolute Gasteiger partial charge is 0.310 e. The predicted molar refractivity (Wildman–Crippen MR) is 84.2 cm³/mol. The normalized spacial score (nSPS) is 47.3. The summed E-state index contributed by atoms with van der Waals surface area (Å²) in [5.74, 6) is 0.482. The zero-order chi connectivity index (χ0) is 16.4. The van der Waals surface area contributed by atoms with Crippen molar-refractivity contribution in [2.24, 2.45) is 34.5 Å². The lowest BCUT2D eigenvalue weighted by molar-refractivity contribution is -0.156. The van der Waals surface area contributed by atoms with Crippen LogP contribution in [0.2, 0.25) is 0 Å². The molecule has 0 unspecified atom stereocenters. The molecule has 0 N–H and O–H groups in total. The van der Waals surface area contributed by atoms with Crippen LogP contribution in [-0.4, -0.2) is 43.4 Å². The molecule has 124 valence electrons. The number of carbonyl (C=O) groups is 2. The number of nitrogens with zero attached hydrogens (tertiary/aromatic N) is 1. The summed E-state index contributed by atoms with van der Waals surface area (Å²) in [4.78, 5) is 28.0. The SMILES string of the molecule is CC(C)[C@H]1[C@@H]2C(=O)O[C@H]1C(=O)[C@]1(C)[C@H]2CC[C@]1(C)CN(C)C. The van der Waals surface area contributed by atoms with Gasteiger partial charge in [0.05, 0.1) is 5.92 Å². The van der Waals surface area contributed by atoms with Crippen LogP contribution >= 0.6 is 0 Å².